The number of hydrogen-bond acceptors (Lipinski definition) is 3. The third-order valence-electron chi connectivity index (χ3n) is 2.82. The Balaban J connectivity index is 2.58. The molecule has 0 aliphatic carbocycles. The number of benzene rings is 1. The van der Waals surface area contributed by atoms with E-state index >= 15 is 0 Å². The van der Waals surface area contributed by atoms with Crippen molar-refractivity contribution >= 4 is 5.91 Å². The summed E-state index contributed by atoms with van der Waals surface area (Å²) in [4.78, 5) is 11.4. The monoisotopic (exact) mass is 250 g/mol. The Labute approximate surface area is 109 Å². The lowest BCUT2D eigenvalue weighted by molar-refractivity contribution is -0.122. The number of likely N-dealkylation sites (N-methyl/N-ethyl adjacent to an activating group) is 1. The van der Waals surface area contributed by atoms with E-state index in [1.165, 1.54) is 5.56 Å². The van der Waals surface area contributed by atoms with Gasteiger partial charge in [-0.15, -0.1) is 0 Å². The summed E-state index contributed by atoms with van der Waals surface area (Å²) in [5.74, 6) is -0.00251. The van der Waals surface area contributed by atoms with Crippen LogP contribution in [0.4, 0.5) is 0 Å². The maximum absolute atomic E-state index is 11.4. The van der Waals surface area contributed by atoms with Crippen molar-refractivity contribution in [3.05, 3.63) is 35.4 Å². The summed E-state index contributed by atoms with van der Waals surface area (Å²) in [6.07, 6.45) is 0. The van der Waals surface area contributed by atoms with Crippen LogP contribution < -0.4 is 10.6 Å². The Hall–Kier alpha value is -1.39. The molecule has 0 radical (unpaired) electrons. The van der Waals surface area contributed by atoms with E-state index < -0.39 is 0 Å². The summed E-state index contributed by atoms with van der Waals surface area (Å²) in [6.45, 7) is 5.81. The Morgan fingerprint density at radius 3 is 2.61 bits per heavy atom. The van der Waals surface area contributed by atoms with Crippen LogP contribution in [0, 0.1) is 0 Å². The average Bonchev–Trinajstić information content (AvgIpc) is 2.42. The van der Waals surface area contributed by atoms with Crippen LogP contribution in [0.2, 0.25) is 0 Å². The molecule has 100 valence electrons. The third-order valence-corrected chi connectivity index (χ3v) is 2.82. The first-order chi connectivity index (χ1) is 8.69. The van der Waals surface area contributed by atoms with Crippen LogP contribution in [0.1, 0.15) is 25.0 Å². The largest absolute Gasteiger partial charge is 0.377 e. The van der Waals surface area contributed by atoms with E-state index in [0.717, 1.165) is 5.56 Å². The molecule has 1 unspecified atom stereocenters. The zero-order valence-electron chi connectivity index (χ0n) is 11.3. The van der Waals surface area contributed by atoms with Crippen LogP contribution in [0.15, 0.2) is 24.3 Å². The van der Waals surface area contributed by atoms with Crippen molar-refractivity contribution in [1.82, 2.24) is 10.6 Å². The maximum atomic E-state index is 11.4. The SMILES string of the molecule is CCOCc1ccccc1CNC(C)C(=O)NC. The molecule has 0 fully saturated rings. The van der Waals surface area contributed by atoms with Crippen molar-refractivity contribution in [2.75, 3.05) is 13.7 Å². The third kappa shape index (κ3) is 4.47. The van der Waals surface area contributed by atoms with Gasteiger partial charge in [0.1, 0.15) is 0 Å². The summed E-state index contributed by atoms with van der Waals surface area (Å²) in [5.41, 5.74) is 2.33. The van der Waals surface area contributed by atoms with Gasteiger partial charge in [-0.25, -0.2) is 0 Å². The van der Waals surface area contributed by atoms with Crippen molar-refractivity contribution in [2.24, 2.45) is 0 Å². The van der Waals surface area contributed by atoms with Crippen LogP contribution in [-0.2, 0) is 22.7 Å². The smallest absolute Gasteiger partial charge is 0.236 e. The molecule has 1 rings (SSSR count). The van der Waals surface area contributed by atoms with Gasteiger partial charge in [0, 0.05) is 20.2 Å². The normalized spacial score (nSPS) is 12.2. The van der Waals surface area contributed by atoms with Gasteiger partial charge in [-0.2, -0.15) is 0 Å². The highest BCUT2D eigenvalue weighted by Crippen LogP contribution is 2.10. The molecule has 0 spiro atoms. The Morgan fingerprint density at radius 2 is 2.00 bits per heavy atom. The van der Waals surface area contributed by atoms with E-state index in [1.807, 2.05) is 26.0 Å². The van der Waals surface area contributed by atoms with Crippen LogP contribution in [0.3, 0.4) is 0 Å². The van der Waals surface area contributed by atoms with Crippen LogP contribution >= 0.6 is 0 Å². The summed E-state index contributed by atoms with van der Waals surface area (Å²) >= 11 is 0. The van der Waals surface area contributed by atoms with Gasteiger partial charge >= 0.3 is 0 Å². The number of carbonyl (C=O) groups excluding carboxylic acids is 1. The standard InChI is InChI=1S/C14H22N2O2/c1-4-18-10-13-8-6-5-7-12(13)9-16-11(2)14(17)15-3/h5-8,11,16H,4,9-10H2,1-3H3,(H,15,17). The summed E-state index contributed by atoms with van der Waals surface area (Å²) in [5, 5.41) is 5.82. The molecule has 1 atom stereocenters. The van der Waals surface area contributed by atoms with Crippen LogP contribution in [-0.4, -0.2) is 25.6 Å². The fourth-order valence-electron chi connectivity index (χ4n) is 1.66. The van der Waals surface area contributed by atoms with E-state index in [0.29, 0.717) is 19.8 Å². The molecular weight excluding hydrogens is 228 g/mol. The Morgan fingerprint density at radius 1 is 1.33 bits per heavy atom. The quantitative estimate of drug-likeness (QED) is 0.770. The topological polar surface area (TPSA) is 50.4 Å². The molecule has 18 heavy (non-hydrogen) atoms. The molecule has 0 heterocycles. The lowest BCUT2D eigenvalue weighted by Crippen LogP contribution is -2.40. The fraction of sp³-hybridized carbons (Fsp3) is 0.500. The van der Waals surface area contributed by atoms with E-state index in [1.54, 1.807) is 7.05 Å². The highest BCUT2D eigenvalue weighted by molar-refractivity contribution is 5.80. The Bertz CT molecular complexity index is 380. The van der Waals surface area contributed by atoms with Crippen molar-refractivity contribution in [1.29, 1.82) is 0 Å². The van der Waals surface area contributed by atoms with Crippen molar-refractivity contribution in [3.8, 4) is 0 Å². The molecule has 0 saturated heterocycles. The fourth-order valence-corrected chi connectivity index (χ4v) is 1.66. The highest BCUT2D eigenvalue weighted by Gasteiger charge is 2.10. The van der Waals surface area contributed by atoms with Crippen molar-refractivity contribution < 1.29 is 9.53 Å². The van der Waals surface area contributed by atoms with E-state index in [9.17, 15) is 4.79 Å². The number of ether oxygens (including phenoxy) is 1. The van der Waals surface area contributed by atoms with E-state index in [4.69, 9.17) is 4.74 Å². The molecule has 4 nitrogen and oxygen atoms in total. The molecule has 4 heteroatoms. The molecule has 0 bridgehead atoms. The van der Waals surface area contributed by atoms with Gasteiger partial charge in [-0.3, -0.25) is 4.79 Å². The zero-order chi connectivity index (χ0) is 13.4. The second-order valence-corrected chi connectivity index (χ2v) is 4.12. The molecule has 1 amide bonds. The predicted octanol–water partition coefficient (Wildman–Crippen LogP) is 1.45. The molecular formula is C14H22N2O2. The van der Waals surface area contributed by atoms with Crippen molar-refractivity contribution in [3.63, 3.8) is 0 Å². The lowest BCUT2D eigenvalue weighted by Gasteiger charge is -2.14. The average molecular weight is 250 g/mol. The summed E-state index contributed by atoms with van der Waals surface area (Å²) in [6, 6.07) is 7.90. The van der Waals surface area contributed by atoms with Crippen LogP contribution in [0.5, 0.6) is 0 Å². The number of nitrogens with one attached hydrogen (secondary N) is 2. The zero-order valence-corrected chi connectivity index (χ0v) is 11.3. The Kier molecular flexibility index (Phi) is 6.39. The van der Waals surface area contributed by atoms with Gasteiger partial charge < -0.3 is 15.4 Å². The first-order valence-electron chi connectivity index (χ1n) is 6.28. The van der Waals surface area contributed by atoms with Gasteiger partial charge in [0.25, 0.3) is 0 Å². The molecule has 0 aromatic heterocycles. The molecule has 0 aliphatic heterocycles. The number of carbonyl (C=O) groups is 1. The second-order valence-electron chi connectivity index (χ2n) is 4.12. The van der Waals surface area contributed by atoms with E-state index in [-0.39, 0.29) is 11.9 Å². The van der Waals surface area contributed by atoms with Gasteiger partial charge in [0.05, 0.1) is 12.6 Å². The van der Waals surface area contributed by atoms with Gasteiger partial charge in [-0.05, 0) is 25.0 Å². The number of rotatable bonds is 7. The molecule has 1 aromatic carbocycles. The number of amides is 1. The summed E-state index contributed by atoms with van der Waals surface area (Å²) < 4.78 is 5.43. The minimum atomic E-state index is -0.199. The first-order valence-corrected chi connectivity index (χ1v) is 6.28. The van der Waals surface area contributed by atoms with Crippen molar-refractivity contribution in [2.45, 2.75) is 33.0 Å². The molecule has 1 aromatic rings. The first kappa shape index (κ1) is 14.7. The number of hydrogen-bond donors (Lipinski definition) is 2. The molecule has 0 aliphatic rings. The molecule has 2 N–H and O–H groups in total. The van der Waals surface area contributed by atoms with E-state index in [2.05, 4.69) is 22.8 Å². The van der Waals surface area contributed by atoms with Gasteiger partial charge in [0.15, 0.2) is 0 Å². The van der Waals surface area contributed by atoms with Gasteiger partial charge in [-0.1, -0.05) is 24.3 Å². The maximum Gasteiger partial charge on any atom is 0.236 e. The second kappa shape index (κ2) is 7.84. The predicted molar refractivity (Wildman–Crippen MR) is 72.1 cm³/mol. The van der Waals surface area contributed by atoms with Crippen LogP contribution in [0.25, 0.3) is 0 Å². The lowest BCUT2D eigenvalue weighted by atomic mass is 10.1. The highest BCUT2D eigenvalue weighted by atomic mass is 16.5. The minimum Gasteiger partial charge on any atom is -0.377 e. The minimum absolute atomic E-state index is 0.00251. The summed E-state index contributed by atoms with van der Waals surface area (Å²) in [7, 11) is 1.64. The van der Waals surface area contributed by atoms with Gasteiger partial charge in [0.2, 0.25) is 5.91 Å². The molecule has 0 saturated carbocycles.